The summed E-state index contributed by atoms with van der Waals surface area (Å²) in [7, 11) is 1.89. The summed E-state index contributed by atoms with van der Waals surface area (Å²) in [6, 6.07) is 0. The van der Waals surface area contributed by atoms with Crippen LogP contribution in [0, 0.1) is 5.92 Å². The quantitative estimate of drug-likeness (QED) is 0.906. The van der Waals surface area contributed by atoms with Crippen LogP contribution >= 0.6 is 22.7 Å². The zero-order chi connectivity index (χ0) is 11.5. The lowest BCUT2D eigenvalue weighted by Gasteiger charge is -1.97. The molecule has 0 radical (unpaired) electrons. The fourth-order valence-electron chi connectivity index (χ4n) is 1.37. The number of nitrogens with zero attached hydrogens (tertiary/aromatic N) is 2. The van der Waals surface area contributed by atoms with E-state index >= 15 is 0 Å². The van der Waals surface area contributed by atoms with Gasteiger partial charge in [-0.15, -0.1) is 22.7 Å². The Morgan fingerprint density at radius 3 is 2.88 bits per heavy atom. The number of anilines is 1. The number of thiazole rings is 2. The first kappa shape index (κ1) is 11.5. The van der Waals surface area contributed by atoms with Crippen molar-refractivity contribution < 1.29 is 0 Å². The molecule has 0 aliphatic heterocycles. The summed E-state index contributed by atoms with van der Waals surface area (Å²) >= 11 is 3.37. The Bertz CT molecular complexity index is 459. The summed E-state index contributed by atoms with van der Waals surface area (Å²) in [4.78, 5) is 10.1. The Morgan fingerprint density at radius 1 is 1.44 bits per heavy atom. The fraction of sp³-hybridized carbons (Fsp3) is 0.455. The van der Waals surface area contributed by atoms with Crippen LogP contribution in [0.4, 0.5) is 5.13 Å². The van der Waals surface area contributed by atoms with Crippen LogP contribution < -0.4 is 5.32 Å². The highest BCUT2D eigenvalue weighted by Crippen LogP contribution is 2.29. The molecule has 0 atom stereocenters. The van der Waals surface area contributed by atoms with Crippen molar-refractivity contribution in [1.29, 1.82) is 0 Å². The van der Waals surface area contributed by atoms with Gasteiger partial charge in [-0.1, -0.05) is 13.8 Å². The maximum absolute atomic E-state index is 4.47. The van der Waals surface area contributed by atoms with E-state index in [1.54, 1.807) is 22.7 Å². The van der Waals surface area contributed by atoms with Gasteiger partial charge in [0.2, 0.25) is 0 Å². The van der Waals surface area contributed by atoms with Crippen molar-refractivity contribution >= 4 is 27.8 Å². The first-order chi connectivity index (χ1) is 7.69. The van der Waals surface area contributed by atoms with Gasteiger partial charge in [0.25, 0.3) is 0 Å². The molecular formula is C11H15N3S2. The third-order valence-electron chi connectivity index (χ3n) is 2.11. The zero-order valence-corrected chi connectivity index (χ0v) is 11.3. The van der Waals surface area contributed by atoms with Gasteiger partial charge in [0.1, 0.15) is 0 Å². The molecule has 3 nitrogen and oxygen atoms in total. The summed E-state index contributed by atoms with van der Waals surface area (Å²) in [6.07, 6.45) is 2.98. The van der Waals surface area contributed by atoms with E-state index in [0.717, 1.165) is 22.1 Å². The largest absolute Gasteiger partial charge is 0.365 e. The van der Waals surface area contributed by atoms with Gasteiger partial charge in [0.05, 0.1) is 15.6 Å². The van der Waals surface area contributed by atoms with Gasteiger partial charge in [0.15, 0.2) is 5.13 Å². The molecule has 86 valence electrons. The third kappa shape index (κ3) is 2.59. The first-order valence-corrected chi connectivity index (χ1v) is 6.97. The molecule has 1 N–H and O–H groups in total. The predicted molar refractivity (Wildman–Crippen MR) is 71.3 cm³/mol. The third-order valence-corrected chi connectivity index (χ3v) is 4.01. The van der Waals surface area contributed by atoms with E-state index in [0.29, 0.717) is 5.92 Å². The molecule has 0 aliphatic rings. The van der Waals surface area contributed by atoms with Gasteiger partial charge in [-0.05, 0) is 5.92 Å². The second-order valence-electron chi connectivity index (χ2n) is 4.00. The van der Waals surface area contributed by atoms with Gasteiger partial charge in [0, 0.05) is 25.0 Å². The van der Waals surface area contributed by atoms with Crippen LogP contribution in [0.2, 0.25) is 0 Å². The van der Waals surface area contributed by atoms with Gasteiger partial charge in [-0.2, -0.15) is 0 Å². The second kappa shape index (κ2) is 4.93. The van der Waals surface area contributed by atoms with Crippen molar-refractivity contribution in [2.75, 3.05) is 12.4 Å². The molecule has 0 saturated carbocycles. The summed E-state index contributed by atoms with van der Waals surface area (Å²) < 4.78 is 0. The lowest BCUT2D eigenvalue weighted by molar-refractivity contribution is 0.644. The molecule has 0 spiro atoms. The van der Waals surface area contributed by atoms with Crippen LogP contribution in [0.25, 0.3) is 10.6 Å². The minimum atomic E-state index is 0.655. The van der Waals surface area contributed by atoms with E-state index in [-0.39, 0.29) is 0 Å². The Kier molecular flexibility index (Phi) is 3.56. The van der Waals surface area contributed by atoms with Crippen molar-refractivity contribution in [3.8, 4) is 10.6 Å². The summed E-state index contributed by atoms with van der Waals surface area (Å²) in [6.45, 7) is 4.42. The number of hydrogen-bond acceptors (Lipinski definition) is 5. The van der Waals surface area contributed by atoms with Crippen LogP contribution in [-0.4, -0.2) is 17.0 Å². The molecule has 0 saturated heterocycles. The molecule has 2 aromatic rings. The van der Waals surface area contributed by atoms with Crippen molar-refractivity contribution in [3.63, 3.8) is 0 Å². The Morgan fingerprint density at radius 2 is 2.25 bits per heavy atom. The van der Waals surface area contributed by atoms with Gasteiger partial charge >= 0.3 is 0 Å². The molecule has 16 heavy (non-hydrogen) atoms. The monoisotopic (exact) mass is 253 g/mol. The normalized spacial score (nSPS) is 11.0. The number of nitrogens with one attached hydrogen (secondary N) is 1. The molecule has 0 aliphatic carbocycles. The van der Waals surface area contributed by atoms with Gasteiger partial charge in [-0.3, -0.25) is 0 Å². The molecule has 0 aromatic carbocycles. The van der Waals surface area contributed by atoms with E-state index in [9.17, 15) is 0 Å². The first-order valence-electron chi connectivity index (χ1n) is 5.27. The standard InChI is InChI=1S/C11H15N3S2/c1-7(2)4-10-13-5-9(16-10)8-6-15-11(12-3)14-8/h5-7H,4H2,1-3H3,(H,12,14). The van der Waals surface area contributed by atoms with E-state index in [1.165, 1.54) is 5.01 Å². The van der Waals surface area contributed by atoms with Crippen molar-refractivity contribution in [2.24, 2.45) is 5.92 Å². The van der Waals surface area contributed by atoms with Crippen molar-refractivity contribution in [2.45, 2.75) is 20.3 Å². The predicted octanol–water partition coefficient (Wildman–Crippen LogP) is 3.51. The molecule has 2 rings (SSSR count). The molecule has 0 unspecified atom stereocenters. The van der Waals surface area contributed by atoms with Crippen LogP contribution in [-0.2, 0) is 6.42 Å². The maximum Gasteiger partial charge on any atom is 0.182 e. The topological polar surface area (TPSA) is 37.8 Å². The Hall–Kier alpha value is -0.940. The van der Waals surface area contributed by atoms with E-state index in [1.807, 2.05) is 13.2 Å². The highest BCUT2D eigenvalue weighted by Gasteiger charge is 2.09. The molecule has 0 fully saturated rings. The molecular weight excluding hydrogens is 238 g/mol. The van der Waals surface area contributed by atoms with Crippen molar-refractivity contribution in [1.82, 2.24) is 9.97 Å². The van der Waals surface area contributed by atoms with Gasteiger partial charge < -0.3 is 5.32 Å². The maximum atomic E-state index is 4.47. The van der Waals surface area contributed by atoms with Crippen LogP contribution in [0.15, 0.2) is 11.6 Å². The van der Waals surface area contributed by atoms with Crippen molar-refractivity contribution in [3.05, 3.63) is 16.6 Å². The number of aromatic nitrogens is 2. The Balaban J connectivity index is 2.17. The average Bonchev–Trinajstić information content (AvgIpc) is 2.83. The fourth-order valence-corrected chi connectivity index (χ4v) is 3.21. The average molecular weight is 253 g/mol. The summed E-state index contributed by atoms with van der Waals surface area (Å²) in [5, 5.41) is 7.27. The minimum Gasteiger partial charge on any atom is -0.365 e. The molecule has 5 heteroatoms. The SMILES string of the molecule is CNc1nc(-c2cnc(CC(C)C)s2)cs1. The van der Waals surface area contributed by atoms with E-state index < -0.39 is 0 Å². The minimum absolute atomic E-state index is 0.655. The number of hydrogen-bond donors (Lipinski definition) is 1. The molecule has 0 amide bonds. The van der Waals surface area contributed by atoms with Crippen LogP contribution in [0.5, 0.6) is 0 Å². The number of rotatable bonds is 4. The highest BCUT2D eigenvalue weighted by molar-refractivity contribution is 7.16. The highest BCUT2D eigenvalue weighted by atomic mass is 32.1. The van der Waals surface area contributed by atoms with Crippen LogP contribution in [0.1, 0.15) is 18.9 Å². The summed E-state index contributed by atoms with van der Waals surface area (Å²) in [5.74, 6) is 0.655. The summed E-state index contributed by atoms with van der Waals surface area (Å²) in [5.41, 5.74) is 1.03. The van der Waals surface area contributed by atoms with Crippen LogP contribution in [0.3, 0.4) is 0 Å². The zero-order valence-electron chi connectivity index (χ0n) is 9.65. The lowest BCUT2D eigenvalue weighted by atomic mass is 10.1. The smallest absolute Gasteiger partial charge is 0.182 e. The van der Waals surface area contributed by atoms with Gasteiger partial charge in [-0.25, -0.2) is 9.97 Å². The van der Waals surface area contributed by atoms with E-state index in [4.69, 9.17) is 0 Å². The lowest BCUT2D eigenvalue weighted by Crippen LogP contribution is -1.91. The molecule has 0 bridgehead atoms. The molecule has 2 aromatic heterocycles. The van der Waals surface area contributed by atoms with E-state index in [2.05, 4.69) is 34.5 Å². The second-order valence-corrected chi connectivity index (χ2v) is 5.98. The molecule has 2 heterocycles. The Labute approximate surface area is 104 Å².